The van der Waals surface area contributed by atoms with E-state index < -0.39 is 12.7 Å². The van der Waals surface area contributed by atoms with Gasteiger partial charge in [0.2, 0.25) is 0 Å². The van der Waals surface area contributed by atoms with Gasteiger partial charge in [0.05, 0.1) is 6.33 Å². The van der Waals surface area contributed by atoms with Crippen LogP contribution in [0, 0.1) is 0 Å². The summed E-state index contributed by atoms with van der Waals surface area (Å²) < 4.78 is 37.6. The Balaban J connectivity index is 2.49. The maximum absolute atomic E-state index is 12.2. The third kappa shape index (κ3) is 1.90. The van der Waals surface area contributed by atoms with Gasteiger partial charge in [-0.1, -0.05) is 0 Å². The summed E-state index contributed by atoms with van der Waals surface area (Å²) in [7, 11) is 1.62. The number of nitrogens with zero attached hydrogens (tertiary/aromatic N) is 4. The lowest BCUT2D eigenvalue weighted by atomic mass is 10.5. The number of alkyl halides is 3. The van der Waals surface area contributed by atoms with Gasteiger partial charge in [-0.25, -0.2) is 15.0 Å². The van der Waals surface area contributed by atoms with Crippen LogP contribution >= 0.6 is 0 Å². The third-order valence-electron chi connectivity index (χ3n) is 1.99. The quantitative estimate of drug-likeness (QED) is 0.849. The van der Waals surface area contributed by atoms with Crippen LogP contribution in [0.5, 0.6) is 0 Å². The standard InChI is InChI=1S/C8H8F3N5/c1-12-6-5-7(14-3-13-6)16(4-15-5)2-8(9,10)11/h3-4H,2H2,1H3,(H,12,13,14). The molecular formula is C8H8F3N5. The molecule has 2 aromatic rings. The molecule has 0 aromatic carbocycles. The van der Waals surface area contributed by atoms with Crippen molar-refractivity contribution in [3.8, 4) is 0 Å². The predicted octanol–water partition coefficient (Wildman–Crippen LogP) is 1.43. The van der Waals surface area contributed by atoms with Gasteiger partial charge in [0.1, 0.15) is 18.4 Å². The Labute approximate surface area is 88.3 Å². The Morgan fingerprint density at radius 3 is 2.69 bits per heavy atom. The van der Waals surface area contributed by atoms with Crippen LogP contribution in [0.3, 0.4) is 0 Å². The molecule has 8 heteroatoms. The summed E-state index contributed by atoms with van der Waals surface area (Å²) in [6.45, 7) is -1.11. The van der Waals surface area contributed by atoms with Crippen LogP contribution in [0.25, 0.3) is 11.2 Å². The van der Waals surface area contributed by atoms with Crippen molar-refractivity contribution < 1.29 is 13.2 Å². The Bertz CT molecular complexity index is 504. The summed E-state index contributed by atoms with van der Waals surface area (Å²) in [5.74, 6) is 0.408. The molecule has 2 aromatic heterocycles. The van der Waals surface area contributed by atoms with Gasteiger partial charge in [0.15, 0.2) is 11.5 Å². The zero-order valence-corrected chi connectivity index (χ0v) is 8.28. The minimum atomic E-state index is -4.29. The van der Waals surface area contributed by atoms with Crippen LogP contribution in [-0.2, 0) is 6.54 Å². The van der Waals surface area contributed by atoms with E-state index in [1.54, 1.807) is 7.05 Å². The molecule has 2 heterocycles. The average molecular weight is 231 g/mol. The molecule has 86 valence electrons. The van der Waals surface area contributed by atoms with E-state index in [-0.39, 0.29) is 5.65 Å². The molecule has 0 aliphatic heterocycles. The maximum Gasteiger partial charge on any atom is 0.406 e. The maximum atomic E-state index is 12.2. The summed E-state index contributed by atoms with van der Waals surface area (Å²) >= 11 is 0. The largest absolute Gasteiger partial charge is 0.406 e. The summed E-state index contributed by atoms with van der Waals surface area (Å²) in [6.07, 6.45) is -1.99. The molecule has 0 amide bonds. The Kier molecular flexibility index (Phi) is 2.41. The fourth-order valence-corrected chi connectivity index (χ4v) is 1.37. The molecule has 5 nitrogen and oxygen atoms in total. The van der Waals surface area contributed by atoms with Crippen molar-refractivity contribution in [2.24, 2.45) is 0 Å². The number of imidazole rings is 1. The molecule has 2 rings (SSSR count). The lowest BCUT2D eigenvalue weighted by Gasteiger charge is -2.07. The van der Waals surface area contributed by atoms with Crippen LogP contribution in [0.15, 0.2) is 12.7 Å². The second-order valence-corrected chi connectivity index (χ2v) is 3.13. The van der Waals surface area contributed by atoms with E-state index >= 15 is 0 Å². The van der Waals surface area contributed by atoms with E-state index in [4.69, 9.17) is 0 Å². The van der Waals surface area contributed by atoms with Gasteiger partial charge in [-0.2, -0.15) is 13.2 Å². The molecule has 0 radical (unpaired) electrons. The zero-order chi connectivity index (χ0) is 11.8. The molecule has 0 atom stereocenters. The highest BCUT2D eigenvalue weighted by molar-refractivity contribution is 5.82. The number of hydrogen-bond donors (Lipinski definition) is 1. The molecule has 16 heavy (non-hydrogen) atoms. The second-order valence-electron chi connectivity index (χ2n) is 3.13. The summed E-state index contributed by atoms with van der Waals surface area (Å²) in [4.78, 5) is 11.5. The number of anilines is 1. The molecule has 0 unspecified atom stereocenters. The smallest absolute Gasteiger partial charge is 0.371 e. The fourth-order valence-electron chi connectivity index (χ4n) is 1.37. The molecule has 0 spiro atoms. The first-order valence-corrected chi connectivity index (χ1v) is 4.41. The highest BCUT2D eigenvalue weighted by Crippen LogP contribution is 2.22. The van der Waals surface area contributed by atoms with E-state index in [1.807, 2.05) is 0 Å². The average Bonchev–Trinajstić information content (AvgIpc) is 2.59. The number of aromatic nitrogens is 4. The van der Waals surface area contributed by atoms with Crippen LogP contribution in [-0.4, -0.2) is 32.7 Å². The summed E-state index contributed by atoms with van der Waals surface area (Å²) in [5.41, 5.74) is 0.492. The minimum absolute atomic E-state index is 0.164. The highest BCUT2D eigenvalue weighted by atomic mass is 19.4. The monoisotopic (exact) mass is 231 g/mol. The molecule has 0 bridgehead atoms. The van der Waals surface area contributed by atoms with Crippen molar-refractivity contribution in [1.29, 1.82) is 0 Å². The van der Waals surface area contributed by atoms with Crippen LogP contribution < -0.4 is 5.32 Å². The van der Waals surface area contributed by atoms with Crippen molar-refractivity contribution in [2.75, 3.05) is 12.4 Å². The van der Waals surface area contributed by atoms with E-state index in [0.717, 1.165) is 10.9 Å². The highest BCUT2D eigenvalue weighted by Gasteiger charge is 2.29. The fraction of sp³-hybridized carbons (Fsp3) is 0.375. The van der Waals surface area contributed by atoms with E-state index in [9.17, 15) is 13.2 Å². The topological polar surface area (TPSA) is 55.6 Å². The molecule has 0 saturated heterocycles. The van der Waals surface area contributed by atoms with Crippen molar-refractivity contribution in [1.82, 2.24) is 19.5 Å². The Hall–Kier alpha value is -1.86. The number of hydrogen-bond acceptors (Lipinski definition) is 4. The molecule has 0 aliphatic rings. The summed E-state index contributed by atoms with van der Waals surface area (Å²) in [5, 5.41) is 2.74. The number of halogens is 3. The second kappa shape index (κ2) is 3.62. The Morgan fingerprint density at radius 1 is 1.31 bits per heavy atom. The van der Waals surface area contributed by atoms with Crippen molar-refractivity contribution >= 4 is 17.0 Å². The number of fused-ring (bicyclic) bond motifs is 1. The molecule has 0 aliphatic carbocycles. The summed E-state index contributed by atoms with van der Waals surface area (Å²) in [6, 6.07) is 0. The minimum Gasteiger partial charge on any atom is -0.371 e. The van der Waals surface area contributed by atoms with Gasteiger partial charge in [-0.05, 0) is 0 Å². The van der Waals surface area contributed by atoms with E-state index in [0.29, 0.717) is 11.3 Å². The predicted molar refractivity (Wildman–Crippen MR) is 50.9 cm³/mol. The molecule has 0 saturated carbocycles. The SMILES string of the molecule is CNc1ncnc2c1ncn2CC(F)(F)F. The van der Waals surface area contributed by atoms with Gasteiger partial charge in [-0.15, -0.1) is 0 Å². The zero-order valence-electron chi connectivity index (χ0n) is 8.28. The van der Waals surface area contributed by atoms with E-state index in [1.165, 1.54) is 6.33 Å². The van der Waals surface area contributed by atoms with Crippen LogP contribution in [0.2, 0.25) is 0 Å². The van der Waals surface area contributed by atoms with Gasteiger partial charge in [0.25, 0.3) is 0 Å². The lowest BCUT2D eigenvalue weighted by molar-refractivity contribution is -0.140. The van der Waals surface area contributed by atoms with Gasteiger partial charge >= 0.3 is 6.18 Å². The Morgan fingerprint density at radius 2 is 2.06 bits per heavy atom. The van der Waals surface area contributed by atoms with Gasteiger partial charge < -0.3 is 9.88 Å². The molecular weight excluding hydrogens is 223 g/mol. The van der Waals surface area contributed by atoms with Crippen LogP contribution in [0.1, 0.15) is 0 Å². The van der Waals surface area contributed by atoms with Gasteiger partial charge in [0, 0.05) is 7.05 Å². The number of nitrogens with one attached hydrogen (secondary N) is 1. The molecule has 0 fully saturated rings. The van der Waals surface area contributed by atoms with E-state index in [2.05, 4.69) is 20.3 Å². The van der Waals surface area contributed by atoms with Gasteiger partial charge in [-0.3, -0.25) is 0 Å². The number of rotatable bonds is 2. The van der Waals surface area contributed by atoms with Crippen molar-refractivity contribution in [3.63, 3.8) is 0 Å². The first-order chi connectivity index (χ1) is 7.51. The lowest BCUT2D eigenvalue weighted by Crippen LogP contribution is -2.17. The third-order valence-corrected chi connectivity index (χ3v) is 1.99. The van der Waals surface area contributed by atoms with Crippen LogP contribution in [0.4, 0.5) is 19.0 Å². The van der Waals surface area contributed by atoms with Crippen molar-refractivity contribution in [2.45, 2.75) is 12.7 Å². The molecule has 1 N–H and O–H groups in total. The normalized spacial score (nSPS) is 12.0. The van der Waals surface area contributed by atoms with Crippen molar-refractivity contribution in [3.05, 3.63) is 12.7 Å². The first-order valence-electron chi connectivity index (χ1n) is 4.41. The first kappa shape index (κ1) is 10.7.